The molecule has 0 radical (unpaired) electrons. The van der Waals surface area contributed by atoms with E-state index < -0.39 is 7.82 Å². The van der Waals surface area contributed by atoms with E-state index in [9.17, 15) is 5.11 Å². The van der Waals surface area contributed by atoms with Crippen molar-refractivity contribution >= 4 is 7.82 Å². The summed E-state index contributed by atoms with van der Waals surface area (Å²) in [5.74, 6) is 0.367. The summed E-state index contributed by atoms with van der Waals surface area (Å²) in [5, 5.41) is 9.20. The highest BCUT2D eigenvalue weighted by atomic mass is 31.2. The van der Waals surface area contributed by atoms with Crippen molar-refractivity contribution in [2.75, 3.05) is 0 Å². The molecular formula is C18H33O5P. The van der Waals surface area contributed by atoms with Gasteiger partial charge >= 0.3 is 7.82 Å². The first kappa shape index (κ1) is 23.1. The maximum atomic E-state index is 9.20. The van der Waals surface area contributed by atoms with Crippen molar-refractivity contribution in [3.63, 3.8) is 0 Å². The van der Waals surface area contributed by atoms with Crippen molar-refractivity contribution in [1.29, 1.82) is 0 Å². The summed E-state index contributed by atoms with van der Waals surface area (Å²) in [6.07, 6.45) is 15.0. The number of phosphoric acid groups is 1. The zero-order valence-corrected chi connectivity index (χ0v) is 15.6. The molecule has 0 aromatic heterocycles. The van der Waals surface area contributed by atoms with E-state index in [1.54, 1.807) is 12.1 Å². The van der Waals surface area contributed by atoms with Crippen molar-refractivity contribution in [1.82, 2.24) is 0 Å². The van der Waals surface area contributed by atoms with Crippen LogP contribution >= 0.6 is 7.82 Å². The number of hydrogen-bond acceptors (Lipinski definition) is 2. The van der Waals surface area contributed by atoms with Crippen molar-refractivity contribution in [3.05, 3.63) is 29.8 Å². The first-order valence-corrected chi connectivity index (χ1v) is 10.5. The number of benzene rings is 1. The molecule has 4 N–H and O–H groups in total. The number of unbranched alkanes of at least 4 members (excludes halogenated alkanes) is 9. The molecule has 24 heavy (non-hydrogen) atoms. The highest BCUT2D eigenvalue weighted by molar-refractivity contribution is 7.45. The molecular weight excluding hydrogens is 327 g/mol. The number of phenols is 1. The zero-order chi connectivity index (χ0) is 18.3. The molecule has 0 amide bonds. The van der Waals surface area contributed by atoms with Crippen molar-refractivity contribution in [2.24, 2.45) is 0 Å². The van der Waals surface area contributed by atoms with E-state index in [2.05, 4.69) is 6.92 Å². The zero-order valence-electron chi connectivity index (χ0n) is 14.7. The fourth-order valence-electron chi connectivity index (χ4n) is 2.48. The Balaban J connectivity index is 0.000000922. The molecule has 0 atom stereocenters. The van der Waals surface area contributed by atoms with Crippen LogP contribution in [0.1, 0.15) is 76.7 Å². The third kappa shape index (κ3) is 19.2. The molecule has 0 aliphatic heterocycles. The molecule has 1 aromatic rings. The molecule has 140 valence electrons. The summed E-state index contributed by atoms with van der Waals surface area (Å²) < 4.78 is 8.88. The fourth-order valence-corrected chi connectivity index (χ4v) is 2.48. The van der Waals surface area contributed by atoms with E-state index in [1.807, 2.05) is 12.1 Å². The van der Waals surface area contributed by atoms with E-state index in [0.717, 1.165) is 6.42 Å². The van der Waals surface area contributed by atoms with E-state index in [-0.39, 0.29) is 0 Å². The van der Waals surface area contributed by atoms with Crippen LogP contribution in [0.3, 0.4) is 0 Å². The van der Waals surface area contributed by atoms with Gasteiger partial charge in [-0.1, -0.05) is 76.8 Å². The highest BCUT2D eigenvalue weighted by Gasteiger charge is 2.00. The van der Waals surface area contributed by atoms with Crippen molar-refractivity contribution in [2.45, 2.75) is 77.6 Å². The van der Waals surface area contributed by atoms with E-state index >= 15 is 0 Å². The highest BCUT2D eigenvalue weighted by Crippen LogP contribution is 2.25. The largest absolute Gasteiger partial charge is 0.508 e. The molecule has 0 aliphatic rings. The molecule has 0 bridgehead atoms. The lowest BCUT2D eigenvalue weighted by Gasteiger charge is -2.03. The first-order chi connectivity index (χ1) is 11.3. The summed E-state index contributed by atoms with van der Waals surface area (Å²) in [6, 6.07) is 7.63. The number of phenolic OH excluding ortho intramolecular Hbond substituents is 1. The van der Waals surface area contributed by atoms with Crippen molar-refractivity contribution < 1.29 is 24.4 Å². The van der Waals surface area contributed by atoms with Crippen LogP contribution in [0.2, 0.25) is 0 Å². The van der Waals surface area contributed by atoms with E-state index in [1.165, 1.54) is 69.8 Å². The third-order valence-electron chi connectivity index (χ3n) is 3.76. The van der Waals surface area contributed by atoms with Crippen LogP contribution in [0.15, 0.2) is 24.3 Å². The molecule has 5 nitrogen and oxygen atoms in total. The Kier molecular flexibility index (Phi) is 13.9. The van der Waals surface area contributed by atoms with Gasteiger partial charge in [-0.2, -0.15) is 0 Å². The average Bonchev–Trinajstić information content (AvgIpc) is 2.49. The van der Waals surface area contributed by atoms with Crippen molar-refractivity contribution in [3.8, 4) is 5.75 Å². The Labute approximate surface area is 146 Å². The smallest absolute Gasteiger partial charge is 0.466 e. The molecule has 0 unspecified atom stereocenters. The average molecular weight is 360 g/mol. The molecule has 1 rings (SSSR count). The molecule has 0 saturated heterocycles. The molecule has 0 spiro atoms. The van der Waals surface area contributed by atoms with Crippen LogP contribution in [-0.4, -0.2) is 19.8 Å². The second kappa shape index (κ2) is 14.5. The van der Waals surface area contributed by atoms with Gasteiger partial charge in [-0.05, 0) is 30.5 Å². The van der Waals surface area contributed by atoms with Gasteiger partial charge in [0, 0.05) is 0 Å². The van der Waals surface area contributed by atoms with Gasteiger partial charge in [0.25, 0.3) is 0 Å². The minimum atomic E-state index is -4.64. The molecule has 6 heteroatoms. The third-order valence-corrected chi connectivity index (χ3v) is 3.76. The fraction of sp³-hybridized carbons (Fsp3) is 0.667. The normalized spacial score (nSPS) is 11.0. The van der Waals surface area contributed by atoms with Crippen LogP contribution in [0, 0.1) is 0 Å². The monoisotopic (exact) mass is 360 g/mol. The Morgan fingerprint density at radius 3 is 1.54 bits per heavy atom. The maximum absolute atomic E-state index is 9.20. The van der Waals surface area contributed by atoms with Gasteiger partial charge in [0.2, 0.25) is 0 Å². The van der Waals surface area contributed by atoms with Gasteiger partial charge in [0.15, 0.2) is 0 Å². The molecule has 0 aliphatic carbocycles. The van der Waals surface area contributed by atoms with Gasteiger partial charge < -0.3 is 19.8 Å². The minimum Gasteiger partial charge on any atom is -0.508 e. The number of aromatic hydroxyl groups is 1. The van der Waals surface area contributed by atoms with Gasteiger partial charge in [-0.3, -0.25) is 0 Å². The number of aryl methyl sites for hydroxylation is 1. The minimum absolute atomic E-state index is 0.367. The first-order valence-electron chi connectivity index (χ1n) is 8.89. The number of rotatable bonds is 11. The Bertz CT molecular complexity index is 433. The lowest BCUT2D eigenvalue weighted by molar-refractivity contribution is 0.275. The lowest BCUT2D eigenvalue weighted by Crippen LogP contribution is -1.86. The van der Waals surface area contributed by atoms with Crippen LogP contribution in [0.4, 0.5) is 0 Å². The van der Waals surface area contributed by atoms with Gasteiger partial charge in [-0.15, -0.1) is 0 Å². The second-order valence-corrected chi connectivity index (χ2v) is 7.14. The molecule has 0 heterocycles. The Hall–Kier alpha value is -0.870. The van der Waals surface area contributed by atoms with Crippen LogP contribution in [0.25, 0.3) is 0 Å². The van der Waals surface area contributed by atoms with Crippen LogP contribution in [-0.2, 0) is 11.0 Å². The maximum Gasteiger partial charge on any atom is 0.466 e. The van der Waals surface area contributed by atoms with Gasteiger partial charge in [0.1, 0.15) is 5.75 Å². The summed E-state index contributed by atoms with van der Waals surface area (Å²) in [5.41, 5.74) is 1.34. The Morgan fingerprint density at radius 2 is 1.12 bits per heavy atom. The molecule has 1 aromatic carbocycles. The van der Waals surface area contributed by atoms with Gasteiger partial charge in [-0.25, -0.2) is 4.57 Å². The summed E-state index contributed by atoms with van der Waals surface area (Å²) in [6.45, 7) is 2.27. The van der Waals surface area contributed by atoms with E-state index in [0.29, 0.717) is 5.75 Å². The summed E-state index contributed by atoms with van der Waals surface area (Å²) in [7, 11) is -4.64. The quantitative estimate of drug-likeness (QED) is 0.331. The topological polar surface area (TPSA) is 98.0 Å². The second-order valence-electron chi connectivity index (χ2n) is 6.11. The van der Waals surface area contributed by atoms with Crippen LogP contribution in [0.5, 0.6) is 5.75 Å². The SMILES string of the molecule is CCCCCCCCCCCCc1ccc(O)cc1.O=P(O)(O)O. The summed E-state index contributed by atoms with van der Waals surface area (Å²) >= 11 is 0. The molecule has 0 saturated carbocycles. The molecule has 0 fully saturated rings. The van der Waals surface area contributed by atoms with Gasteiger partial charge in [0.05, 0.1) is 0 Å². The number of hydrogen-bond donors (Lipinski definition) is 4. The predicted octanol–water partition coefficient (Wildman–Crippen LogP) is 4.93. The predicted molar refractivity (Wildman–Crippen MR) is 97.9 cm³/mol. The lowest BCUT2D eigenvalue weighted by atomic mass is 10.0. The Morgan fingerprint density at radius 1 is 0.750 bits per heavy atom. The summed E-state index contributed by atoms with van der Waals surface area (Å²) in [4.78, 5) is 21.6. The van der Waals surface area contributed by atoms with Crippen LogP contribution < -0.4 is 0 Å². The van der Waals surface area contributed by atoms with E-state index in [4.69, 9.17) is 19.2 Å². The standard InChI is InChI=1S/C18H30O.H3O4P/c1-2-3-4-5-6-7-8-9-10-11-12-17-13-15-18(19)16-14-17;1-5(2,3)4/h13-16,19H,2-12H2,1H3;(H3,1,2,3,4).